The van der Waals surface area contributed by atoms with Gasteiger partial charge < -0.3 is 15.0 Å². The maximum atomic E-state index is 13.8. The number of carbonyl (C=O) groups is 3. The maximum Gasteiger partial charge on any atom is 0.259 e. The van der Waals surface area contributed by atoms with Gasteiger partial charge in [-0.3, -0.25) is 19.3 Å². The van der Waals surface area contributed by atoms with Crippen LogP contribution in [0.2, 0.25) is 0 Å². The van der Waals surface area contributed by atoms with Crippen LogP contribution in [0.4, 0.5) is 5.69 Å². The summed E-state index contributed by atoms with van der Waals surface area (Å²) in [5.41, 5.74) is 2.17. The first kappa shape index (κ1) is 25.2. The van der Waals surface area contributed by atoms with Crippen LogP contribution in [0.1, 0.15) is 49.0 Å². The van der Waals surface area contributed by atoms with Crippen LogP contribution >= 0.6 is 0 Å². The Labute approximate surface area is 212 Å². The van der Waals surface area contributed by atoms with Gasteiger partial charge in [-0.2, -0.15) is 0 Å². The smallest absolute Gasteiger partial charge is 0.259 e. The van der Waals surface area contributed by atoms with Crippen molar-refractivity contribution >= 4 is 34.2 Å². The molecule has 1 aliphatic heterocycles. The number of unbranched alkanes of at least 4 members (excludes halogenated alkanes) is 1. The number of amides is 3. The first-order valence-corrected chi connectivity index (χ1v) is 12.5. The number of ether oxygens (including phenoxy) is 1. The Hall–Kier alpha value is -3.87. The molecule has 36 heavy (non-hydrogen) atoms. The number of benzene rings is 3. The van der Waals surface area contributed by atoms with Gasteiger partial charge in [-0.05, 0) is 48.1 Å². The Morgan fingerprint density at radius 3 is 2.53 bits per heavy atom. The van der Waals surface area contributed by atoms with E-state index in [-0.39, 0.29) is 30.8 Å². The minimum atomic E-state index is -0.656. The van der Waals surface area contributed by atoms with Gasteiger partial charge in [0.1, 0.15) is 18.3 Å². The van der Waals surface area contributed by atoms with E-state index in [9.17, 15) is 14.4 Å². The Kier molecular flexibility index (Phi) is 7.88. The number of carbonyl (C=O) groups excluding carboxylic acids is 3. The molecular formula is C29H33N3O4. The summed E-state index contributed by atoms with van der Waals surface area (Å²) in [5.74, 6) is 0.0166. The second-order valence-corrected chi connectivity index (χ2v) is 9.01. The predicted octanol–water partition coefficient (Wildman–Crippen LogP) is 4.53. The minimum Gasteiger partial charge on any atom is -0.497 e. The van der Waals surface area contributed by atoms with Crippen molar-refractivity contribution < 1.29 is 19.1 Å². The molecule has 3 amide bonds. The molecule has 1 N–H and O–H groups in total. The van der Waals surface area contributed by atoms with Crippen LogP contribution in [0.15, 0.2) is 60.7 Å². The number of methoxy groups -OCH3 is 1. The standard InChI is InChI=1S/C29H33N3O4/c1-4-6-16-30-28(34)24(5-2)31(18-20-10-7-13-22(17-20)36-3)26(33)19-32-25-15-9-12-21-11-8-14-23(27(21)25)29(32)35/h7-15,17,24H,4-6,16,18-19H2,1-3H3,(H,30,34)/t24-/m0/s1. The van der Waals surface area contributed by atoms with Gasteiger partial charge >= 0.3 is 0 Å². The Balaban J connectivity index is 1.63. The summed E-state index contributed by atoms with van der Waals surface area (Å²) in [6.45, 7) is 4.61. The molecule has 0 bridgehead atoms. The number of anilines is 1. The van der Waals surface area contributed by atoms with E-state index in [0.29, 0.717) is 24.3 Å². The Morgan fingerprint density at radius 2 is 1.81 bits per heavy atom. The number of hydrogen-bond acceptors (Lipinski definition) is 4. The molecular weight excluding hydrogens is 454 g/mol. The summed E-state index contributed by atoms with van der Waals surface area (Å²) in [4.78, 5) is 43.4. The molecule has 1 atom stereocenters. The van der Waals surface area contributed by atoms with E-state index in [4.69, 9.17) is 4.74 Å². The normalized spacial score (nSPS) is 13.1. The van der Waals surface area contributed by atoms with E-state index >= 15 is 0 Å². The largest absolute Gasteiger partial charge is 0.497 e. The fraction of sp³-hybridized carbons (Fsp3) is 0.345. The third kappa shape index (κ3) is 5.05. The summed E-state index contributed by atoms with van der Waals surface area (Å²) < 4.78 is 5.35. The van der Waals surface area contributed by atoms with Crippen molar-refractivity contribution in [3.05, 3.63) is 71.8 Å². The van der Waals surface area contributed by atoms with Crippen molar-refractivity contribution in [2.75, 3.05) is 25.1 Å². The van der Waals surface area contributed by atoms with Crippen LogP contribution < -0.4 is 15.0 Å². The second kappa shape index (κ2) is 11.2. The number of rotatable bonds is 11. The highest BCUT2D eigenvalue weighted by atomic mass is 16.5. The quantitative estimate of drug-likeness (QED) is 0.403. The highest BCUT2D eigenvalue weighted by Crippen LogP contribution is 2.37. The molecule has 0 fully saturated rings. The van der Waals surface area contributed by atoms with Crippen molar-refractivity contribution in [1.82, 2.24) is 10.2 Å². The SMILES string of the molecule is CCCCNC(=O)[C@H](CC)N(Cc1cccc(OC)c1)C(=O)CN1C(=O)c2cccc3cccc1c23. The second-order valence-electron chi connectivity index (χ2n) is 9.01. The Bertz CT molecular complexity index is 1270. The van der Waals surface area contributed by atoms with Crippen molar-refractivity contribution in [2.24, 2.45) is 0 Å². The third-order valence-electron chi connectivity index (χ3n) is 6.64. The van der Waals surface area contributed by atoms with E-state index in [1.165, 1.54) is 4.90 Å². The number of nitrogens with one attached hydrogen (secondary N) is 1. The van der Waals surface area contributed by atoms with Crippen LogP contribution in [0.25, 0.3) is 10.8 Å². The van der Waals surface area contributed by atoms with Gasteiger partial charge in [0.15, 0.2) is 0 Å². The van der Waals surface area contributed by atoms with E-state index in [1.807, 2.05) is 61.5 Å². The maximum absolute atomic E-state index is 13.8. The lowest BCUT2D eigenvalue weighted by atomic mass is 10.1. The molecule has 3 aromatic rings. The van der Waals surface area contributed by atoms with E-state index in [0.717, 1.165) is 34.9 Å². The summed E-state index contributed by atoms with van der Waals surface area (Å²) in [6.07, 6.45) is 2.29. The first-order valence-electron chi connectivity index (χ1n) is 12.5. The Morgan fingerprint density at radius 1 is 1.06 bits per heavy atom. The lowest BCUT2D eigenvalue weighted by Crippen LogP contribution is -2.52. The molecule has 7 heteroatoms. The lowest BCUT2D eigenvalue weighted by Gasteiger charge is -2.32. The number of hydrogen-bond donors (Lipinski definition) is 1. The molecule has 0 radical (unpaired) electrons. The van der Waals surface area contributed by atoms with Gasteiger partial charge in [-0.15, -0.1) is 0 Å². The topological polar surface area (TPSA) is 79.0 Å². The van der Waals surface area contributed by atoms with E-state index in [1.54, 1.807) is 18.1 Å². The van der Waals surface area contributed by atoms with Crippen LogP contribution in [0, 0.1) is 0 Å². The summed E-state index contributed by atoms with van der Waals surface area (Å²) in [7, 11) is 1.59. The van der Waals surface area contributed by atoms with Gasteiger partial charge in [-0.25, -0.2) is 0 Å². The van der Waals surface area contributed by atoms with Gasteiger partial charge in [0.2, 0.25) is 11.8 Å². The first-order chi connectivity index (χ1) is 17.5. The third-order valence-corrected chi connectivity index (χ3v) is 6.64. The van der Waals surface area contributed by atoms with Gasteiger partial charge in [0, 0.05) is 24.0 Å². The lowest BCUT2D eigenvalue weighted by molar-refractivity contribution is -0.140. The van der Waals surface area contributed by atoms with Crippen molar-refractivity contribution in [1.29, 1.82) is 0 Å². The van der Waals surface area contributed by atoms with Crippen LogP contribution in [0.3, 0.4) is 0 Å². The zero-order valence-corrected chi connectivity index (χ0v) is 21.1. The van der Waals surface area contributed by atoms with Gasteiger partial charge in [0.25, 0.3) is 5.91 Å². The van der Waals surface area contributed by atoms with Crippen molar-refractivity contribution in [3.63, 3.8) is 0 Å². The monoisotopic (exact) mass is 487 g/mol. The molecule has 0 saturated heterocycles. The molecule has 188 valence electrons. The molecule has 3 aromatic carbocycles. The number of nitrogens with zero attached hydrogens (tertiary/aromatic N) is 2. The molecule has 1 aliphatic rings. The fourth-order valence-corrected chi connectivity index (χ4v) is 4.76. The average molecular weight is 488 g/mol. The minimum absolute atomic E-state index is 0.144. The summed E-state index contributed by atoms with van der Waals surface area (Å²) >= 11 is 0. The molecule has 0 aromatic heterocycles. The highest BCUT2D eigenvalue weighted by molar-refractivity contribution is 6.26. The van der Waals surface area contributed by atoms with Gasteiger partial charge in [0.05, 0.1) is 12.8 Å². The van der Waals surface area contributed by atoms with Crippen molar-refractivity contribution in [2.45, 2.75) is 45.7 Å². The molecule has 4 rings (SSSR count). The van der Waals surface area contributed by atoms with Gasteiger partial charge in [-0.1, -0.05) is 56.7 Å². The highest BCUT2D eigenvalue weighted by Gasteiger charge is 2.35. The molecule has 0 spiro atoms. The molecule has 0 unspecified atom stereocenters. The van der Waals surface area contributed by atoms with Crippen molar-refractivity contribution in [3.8, 4) is 5.75 Å². The van der Waals surface area contributed by atoms with Crippen LogP contribution in [-0.2, 0) is 16.1 Å². The van der Waals surface area contributed by atoms with E-state index in [2.05, 4.69) is 12.2 Å². The fourth-order valence-electron chi connectivity index (χ4n) is 4.76. The van der Waals surface area contributed by atoms with E-state index < -0.39 is 6.04 Å². The zero-order valence-electron chi connectivity index (χ0n) is 21.1. The van der Waals surface area contributed by atoms with Crippen LogP contribution in [0.5, 0.6) is 5.75 Å². The predicted molar refractivity (Wildman–Crippen MR) is 141 cm³/mol. The summed E-state index contributed by atoms with van der Waals surface area (Å²) in [5, 5.41) is 4.80. The van der Waals surface area contributed by atoms with Crippen LogP contribution in [-0.4, -0.2) is 48.9 Å². The molecule has 0 saturated carbocycles. The molecule has 0 aliphatic carbocycles. The molecule has 7 nitrogen and oxygen atoms in total. The zero-order chi connectivity index (χ0) is 25.7. The summed E-state index contributed by atoms with van der Waals surface area (Å²) in [6, 6.07) is 18.1. The average Bonchev–Trinajstić information content (AvgIpc) is 3.16. The molecule has 1 heterocycles.